The summed E-state index contributed by atoms with van der Waals surface area (Å²) in [6.07, 6.45) is 0.707. The van der Waals surface area contributed by atoms with E-state index in [-0.39, 0.29) is 18.4 Å². The minimum atomic E-state index is -0.0671. The van der Waals surface area contributed by atoms with Crippen molar-refractivity contribution in [1.29, 1.82) is 0 Å². The molecule has 3 heterocycles. The van der Waals surface area contributed by atoms with Crippen LogP contribution in [-0.4, -0.2) is 65.9 Å². The Hall–Kier alpha value is -2.89. The first-order valence-corrected chi connectivity index (χ1v) is 9.87. The number of rotatable bonds is 3. The largest absolute Gasteiger partial charge is 0.368 e. The predicted octanol–water partition coefficient (Wildman–Crippen LogP) is 2.05. The molecule has 2 aromatic rings. The number of aryl methyl sites for hydroxylation is 2. The van der Waals surface area contributed by atoms with Gasteiger partial charge in [-0.25, -0.2) is 0 Å². The summed E-state index contributed by atoms with van der Waals surface area (Å²) >= 11 is 0. The summed E-state index contributed by atoms with van der Waals surface area (Å²) in [5.74, 6) is -0.0373. The molecule has 0 bridgehead atoms. The molecule has 6 heteroatoms. The molecule has 1 aromatic heterocycles. The van der Waals surface area contributed by atoms with E-state index in [0.29, 0.717) is 31.6 Å². The quantitative estimate of drug-likeness (QED) is 0.820. The van der Waals surface area contributed by atoms with E-state index in [1.807, 2.05) is 43.0 Å². The lowest BCUT2D eigenvalue weighted by molar-refractivity contribution is -0.132. The molecule has 1 saturated heterocycles. The van der Waals surface area contributed by atoms with Crippen LogP contribution < -0.4 is 4.90 Å². The fourth-order valence-corrected chi connectivity index (χ4v) is 4.15. The zero-order valence-corrected chi connectivity index (χ0v) is 16.5. The van der Waals surface area contributed by atoms with Gasteiger partial charge in [-0.05, 0) is 37.6 Å². The Morgan fingerprint density at radius 1 is 1.04 bits per heavy atom. The van der Waals surface area contributed by atoms with Gasteiger partial charge < -0.3 is 14.7 Å². The van der Waals surface area contributed by atoms with Gasteiger partial charge in [0.2, 0.25) is 5.91 Å². The van der Waals surface area contributed by atoms with Crippen LogP contribution >= 0.6 is 0 Å². The molecule has 146 valence electrons. The normalized spacial score (nSPS) is 16.9. The van der Waals surface area contributed by atoms with Crippen molar-refractivity contribution >= 4 is 17.5 Å². The van der Waals surface area contributed by atoms with Crippen molar-refractivity contribution in [1.82, 2.24) is 14.8 Å². The minimum Gasteiger partial charge on any atom is -0.368 e. The summed E-state index contributed by atoms with van der Waals surface area (Å²) in [5, 5.41) is 0. The van der Waals surface area contributed by atoms with E-state index in [9.17, 15) is 9.59 Å². The molecule has 28 heavy (non-hydrogen) atoms. The third-order valence-corrected chi connectivity index (χ3v) is 5.62. The highest BCUT2D eigenvalue weighted by Crippen LogP contribution is 2.22. The smallest absolute Gasteiger partial charge is 0.256 e. The van der Waals surface area contributed by atoms with Crippen molar-refractivity contribution in [3.05, 3.63) is 58.9 Å². The van der Waals surface area contributed by atoms with Crippen molar-refractivity contribution in [3.63, 3.8) is 0 Å². The Morgan fingerprint density at radius 3 is 2.46 bits per heavy atom. The number of benzene rings is 1. The van der Waals surface area contributed by atoms with Crippen LogP contribution in [0, 0.1) is 13.8 Å². The number of hydrogen-bond acceptors (Lipinski definition) is 4. The van der Waals surface area contributed by atoms with Gasteiger partial charge in [0, 0.05) is 50.5 Å². The summed E-state index contributed by atoms with van der Waals surface area (Å²) in [6.45, 7) is 7.60. The molecule has 6 nitrogen and oxygen atoms in total. The van der Waals surface area contributed by atoms with Crippen LogP contribution in [0.5, 0.6) is 0 Å². The van der Waals surface area contributed by atoms with Crippen LogP contribution in [0.25, 0.3) is 0 Å². The number of anilines is 1. The Balaban J connectivity index is 1.38. The molecule has 0 saturated carbocycles. The van der Waals surface area contributed by atoms with Crippen molar-refractivity contribution in [2.24, 2.45) is 0 Å². The number of carbonyl (C=O) groups excluding carboxylic acids is 2. The van der Waals surface area contributed by atoms with Gasteiger partial charge in [-0.15, -0.1) is 0 Å². The fraction of sp³-hybridized carbons (Fsp3) is 0.409. The van der Waals surface area contributed by atoms with Crippen LogP contribution in [0.1, 0.15) is 27.3 Å². The zero-order valence-electron chi connectivity index (χ0n) is 16.5. The van der Waals surface area contributed by atoms with E-state index in [2.05, 4.69) is 22.0 Å². The monoisotopic (exact) mass is 378 g/mol. The second-order valence-corrected chi connectivity index (χ2v) is 7.58. The maximum Gasteiger partial charge on any atom is 0.256 e. The van der Waals surface area contributed by atoms with Crippen LogP contribution in [0.3, 0.4) is 0 Å². The van der Waals surface area contributed by atoms with Gasteiger partial charge in [-0.1, -0.05) is 18.2 Å². The number of aromatic nitrogens is 1. The number of fused-ring (bicyclic) bond motifs is 1. The van der Waals surface area contributed by atoms with Crippen LogP contribution in [0.15, 0.2) is 36.4 Å². The predicted molar refractivity (Wildman–Crippen MR) is 109 cm³/mol. The minimum absolute atomic E-state index is 0.0298. The number of piperazine rings is 1. The number of hydrogen-bond donors (Lipinski definition) is 0. The molecule has 0 N–H and O–H groups in total. The molecule has 2 aliphatic rings. The number of para-hydroxylation sites is 1. The average molecular weight is 378 g/mol. The van der Waals surface area contributed by atoms with Gasteiger partial charge in [0.05, 0.1) is 11.3 Å². The topological polar surface area (TPSA) is 56.8 Å². The Labute approximate surface area is 165 Å². The molecule has 1 aromatic carbocycles. The maximum absolute atomic E-state index is 12.9. The second kappa shape index (κ2) is 7.62. The van der Waals surface area contributed by atoms with E-state index in [1.165, 1.54) is 5.69 Å². The summed E-state index contributed by atoms with van der Waals surface area (Å²) < 4.78 is 0. The van der Waals surface area contributed by atoms with E-state index >= 15 is 0 Å². The van der Waals surface area contributed by atoms with Crippen LogP contribution in [0.4, 0.5) is 5.69 Å². The average Bonchev–Trinajstić information content (AvgIpc) is 2.70. The molecular formula is C22H26N4O2. The molecule has 0 atom stereocenters. The van der Waals surface area contributed by atoms with Gasteiger partial charge in [-0.2, -0.15) is 0 Å². The van der Waals surface area contributed by atoms with E-state index in [0.717, 1.165) is 30.0 Å². The third kappa shape index (κ3) is 3.59. The summed E-state index contributed by atoms with van der Waals surface area (Å²) in [4.78, 5) is 36.1. The number of nitrogens with zero attached hydrogens (tertiary/aromatic N) is 4. The SMILES string of the molecule is Cc1cc(C)c2c(n1)CCN(CC(=O)N1CCN(c3ccccc3)CC1)C2=O. The lowest BCUT2D eigenvalue weighted by Crippen LogP contribution is -2.52. The lowest BCUT2D eigenvalue weighted by Gasteiger charge is -2.37. The van der Waals surface area contributed by atoms with Gasteiger partial charge in [0.25, 0.3) is 5.91 Å². The van der Waals surface area contributed by atoms with Crippen molar-refractivity contribution in [2.75, 3.05) is 44.2 Å². The molecule has 0 unspecified atom stereocenters. The molecule has 1 fully saturated rings. The Morgan fingerprint density at radius 2 is 1.75 bits per heavy atom. The summed E-state index contributed by atoms with van der Waals surface area (Å²) in [5.41, 5.74) is 4.61. The highest BCUT2D eigenvalue weighted by molar-refractivity contribution is 5.99. The first kappa shape index (κ1) is 18.5. The molecule has 4 rings (SSSR count). The van der Waals surface area contributed by atoms with Crippen molar-refractivity contribution in [2.45, 2.75) is 20.3 Å². The lowest BCUT2D eigenvalue weighted by atomic mass is 9.99. The maximum atomic E-state index is 12.9. The standard InChI is InChI=1S/C22H26N4O2/c1-16-14-17(2)23-19-8-9-26(22(28)21(16)19)15-20(27)25-12-10-24(11-13-25)18-6-4-3-5-7-18/h3-7,14H,8-13,15H2,1-2H3. The first-order chi connectivity index (χ1) is 13.5. The number of pyridine rings is 1. The fourth-order valence-electron chi connectivity index (χ4n) is 4.15. The van der Waals surface area contributed by atoms with Crippen molar-refractivity contribution in [3.8, 4) is 0 Å². The van der Waals surface area contributed by atoms with Crippen LogP contribution in [0.2, 0.25) is 0 Å². The van der Waals surface area contributed by atoms with Crippen molar-refractivity contribution < 1.29 is 9.59 Å². The van der Waals surface area contributed by atoms with Gasteiger partial charge in [-0.3, -0.25) is 14.6 Å². The third-order valence-electron chi connectivity index (χ3n) is 5.62. The van der Waals surface area contributed by atoms with E-state index < -0.39 is 0 Å². The zero-order chi connectivity index (χ0) is 19.7. The Kier molecular flexibility index (Phi) is 5.03. The van der Waals surface area contributed by atoms with Gasteiger partial charge >= 0.3 is 0 Å². The first-order valence-electron chi connectivity index (χ1n) is 9.87. The number of carbonyl (C=O) groups is 2. The van der Waals surface area contributed by atoms with E-state index in [1.54, 1.807) is 4.90 Å². The highest BCUT2D eigenvalue weighted by Gasteiger charge is 2.30. The summed E-state index contributed by atoms with van der Waals surface area (Å²) in [7, 11) is 0. The molecule has 2 amide bonds. The Bertz CT molecular complexity index is 889. The van der Waals surface area contributed by atoms with Crippen LogP contribution in [-0.2, 0) is 11.2 Å². The molecular weight excluding hydrogens is 352 g/mol. The second-order valence-electron chi connectivity index (χ2n) is 7.58. The van der Waals surface area contributed by atoms with Gasteiger partial charge in [0.1, 0.15) is 6.54 Å². The highest BCUT2D eigenvalue weighted by atomic mass is 16.2. The molecule has 0 aliphatic carbocycles. The van der Waals surface area contributed by atoms with Gasteiger partial charge in [0.15, 0.2) is 0 Å². The van der Waals surface area contributed by atoms with E-state index in [4.69, 9.17) is 0 Å². The molecule has 2 aliphatic heterocycles. The summed E-state index contributed by atoms with van der Waals surface area (Å²) in [6, 6.07) is 12.2. The number of amides is 2. The molecule has 0 spiro atoms. The molecule has 0 radical (unpaired) electrons.